The third-order valence-corrected chi connectivity index (χ3v) is 0. The van der Waals surface area contributed by atoms with Crippen LogP contribution < -0.4 is 69.2 Å². The average molecular weight is 533 g/mol. The predicted octanol–water partition coefficient (Wildman–Crippen LogP) is -25.8. The summed E-state index contributed by atoms with van der Waals surface area (Å²) < 4.78 is 0. The summed E-state index contributed by atoms with van der Waals surface area (Å²) >= 11 is 0. The SMILES string of the molecule is O.O.O.O.O.O.O.O.O.O.OB(O)O.OB(O)O.OB(O)O.OB(O)O.[Na+].[Na+].[O-]B([O-])O. The molecule has 32 heteroatoms. The summed E-state index contributed by atoms with van der Waals surface area (Å²) in [7, 11) is -11.3. The maximum absolute atomic E-state index is 8.53. The maximum Gasteiger partial charge on any atom is 1.00 e. The van der Waals surface area contributed by atoms with Crippen LogP contribution in [0.15, 0.2) is 0 Å². The van der Waals surface area contributed by atoms with Crippen molar-refractivity contribution in [3.8, 4) is 0 Å². The first-order chi connectivity index (χ1) is 8.66. The Hall–Kier alpha value is 1.32. The van der Waals surface area contributed by atoms with Gasteiger partial charge in [-0.3, -0.25) is 0 Å². The summed E-state index contributed by atoms with van der Waals surface area (Å²) in [4.78, 5) is 0. The minimum Gasteiger partial charge on any atom is -0.871 e. The predicted molar refractivity (Wildman–Crippen MR) is 93.8 cm³/mol. The third kappa shape index (κ3) is 16400. The van der Waals surface area contributed by atoms with Crippen LogP contribution in [0.2, 0.25) is 0 Å². The van der Waals surface area contributed by atoms with Crippen LogP contribution in [0.5, 0.6) is 0 Å². The molecule has 0 heterocycles. The van der Waals surface area contributed by atoms with E-state index in [0.717, 1.165) is 0 Å². The molecule has 0 spiro atoms. The van der Waals surface area contributed by atoms with Gasteiger partial charge < -0.3 is 130 Å². The van der Waals surface area contributed by atoms with E-state index < -0.39 is 36.6 Å². The summed E-state index contributed by atoms with van der Waals surface area (Å²) in [5, 5.41) is 110. The molecular formula is H33B5Na2O25. The molecule has 0 saturated heterocycles. The van der Waals surface area contributed by atoms with Crippen LogP contribution in [0, 0.1) is 0 Å². The van der Waals surface area contributed by atoms with Crippen LogP contribution in [-0.2, 0) is 0 Å². The van der Waals surface area contributed by atoms with E-state index in [4.69, 9.17) is 75.4 Å². The summed E-state index contributed by atoms with van der Waals surface area (Å²) in [6.07, 6.45) is 0. The number of hydrogen-bond acceptors (Lipinski definition) is 15. The summed E-state index contributed by atoms with van der Waals surface area (Å²) in [6, 6.07) is 0. The van der Waals surface area contributed by atoms with E-state index in [2.05, 4.69) is 0 Å². The Labute approximate surface area is 225 Å². The second-order valence-corrected chi connectivity index (χ2v) is 1.69. The van der Waals surface area contributed by atoms with E-state index in [0.29, 0.717) is 0 Å². The van der Waals surface area contributed by atoms with Gasteiger partial charge in [-0.05, 0) is 0 Å². The molecular weight excluding hydrogens is 500 g/mol. The molecule has 0 saturated carbocycles. The molecule has 0 aromatic carbocycles. The topological polar surface area (TPSA) is 624 Å². The minimum absolute atomic E-state index is 0. The fourth-order valence-electron chi connectivity index (χ4n) is 0. The van der Waals surface area contributed by atoms with E-state index in [1.807, 2.05) is 0 Å². The molecule has 25 nitrogen and oxygen atoms in total. The van der Waals surface area contributed by atoms with Crippen molar-refractivity contribution in [3.05, 3.63) is 0 Å². The monoisotopic (exact) mass is 534 g/mol. The maximum atomic E-state index is 8.53. The molecule has 0 fully saturated rings. The van der Waals surface area contributed by atoms with Crippen LogP contribution in [0.25, 0.3) is 0 Å². The van der Waals surface area contributed by atoms with Crippen molar-refractivity contribution in [2.75, 3.05) is 0 Å². The summed E-state index contributed by atoms with van der Waals surface area (Å²) in [6.45, 7) is 0. The van der Waals surface area contributed by atoms with E-state index in [9.17, 15) is 0 Å². The molecule has 0 radical (unpaired) electrons. The zero-order valence-corrected chi connectivity index (χ0v) is 20.5. The van der Waals surface area contributed by atoms with E-state index >= 15 is 0 Å². The van der Waals surface area contributed by atoms with Crippen LogP contribution in [0.4, 0.5) is 0 Å². The first kappa shape index (κ1) is 131. The Morgan fingerprint density at radius 1 is 0.281 bits per heavy atom. The van der Waals surface area contributed by atoms with Crippen molar-refractivity contribution in [3.63, 3.8) is 0 Å². The normalized spacial score (nSPS) is 4.22. The fraction of sp³-hybridized carbons (Fsp3) is 0. The molecule has 0 aromatic heterocycles. The Morgan fingerprint density at radius 2 is 0.281 bits per heavy atom. The molecule has 33 N–H and O–H groups in total. The Bertz CT molecular complexity index is 88.9. The number of rotatable bonds is 0. The van der Waals surface area contributed by atoms with Crippen molar-refractivity contribution in [2.24, 2.45) is 0 Å². The standard InChI is InChI=1S/4BH3O3.BHO3.2Na.10H2O/c5*2-1(3)4;;;;;;;;;;;;/h4*2-4H;2H;;;10*1H2/q;;;;-2;2*+1;;;;;;;;;;. The zero-order chi connectivity index (χ0) is 17.9. The number of hydrogen-bond donors (Lipinski definition) is 13. The molecule has 0 unspecified atom stereocenters. The van der Waals surface area contributed by atoms with Crippen molar-refractivity contribution >= 4 is 36.6 Å². The minimum atomic E-state index is -2.67. The van der Waals surface area contributed by atoms with Crippen LogP contribution in [0.3, 0.4) is 0 Å². The van der Waals surface area contributed by atoms with Gasteiger partial charge in [0.05, 0.1) is 7.32 Å². The molecule has 32 heavy (non-hydrogen) atoms. The smallest absolute Gasteiger partial charge is 0.871 e. The van der Waals surface area contributed by atoms with Gasteiger partial charge in [0.15, 0.2) is 0 Å². The average Bonchev–Trinajstić information content (AvgIpc) is 1.94. The van der Waals surface area contributed by atoms with Crippen LogP contribution in [0.1, 0.15) is 0 Å². The molecule has 0 bridgehead atoms. The largest absolute Gasteiger partial charge is 1.00 e. The first-order valence-corrected chi connectivity index (χ1v) is 3.83. The second-order valence-electron chi connectivity index (χ2n) is 1.69. The van der Waals surface area contributed by atoms with E-state index in [1.54, 1.807) is 0 Å². The Morgan fingerprint density at radius 3 is 0.281 bits per heavy atom. The summed E-state index contributed by atoms with van der Waals surface area (Å²) in [5.74, 6) is 0. The Kier molecular flexibility index (Phi) is 486. The van der Waals surface area contributed by atoms with Gasteiger partial charge in [0, 0.05) is 0 Å². The van der Waals surface area contributed by atoms with Gasteiger partial charge in [-0.25, -0.2) is 0 Å². The quantitative estimate of drug-likeness (QED) is 0.128. The van der Waals surface area contributed by atoms with Gasteiger partial charge in [-0.15, -0.1) is 0 Å². The Balaban J connectivity index is -0.00000000536. The molecule has 0 aliphatic carbocycles. The van der Waals surface area contributed by atoms with Gasteiger partial charge in [0.25, 0.3) is 0 Å². The molecule has 0 aliphatic rings. The van der Waals surface area contributed by atoms with Crippen molar-refractivity contribution in [1.29, 1.82) is 0 Å². The van der Waals surface area contributed by atoms with Gasteiger partial charge in [-0.1, -0.05) is 0 Å². The van der Waals surface area contributed by atoms with Gasteiger partial charge in [0.2, 0.25) is 0 Å². The summed E-state index contributed by atoms with van der Waals surface area (Å²) in [5.41, 5.74) is 0. The first-order valence-electron chi connectivity index (χ1n) is 3.83. The molecule has 0 rings (SSSR count). The van der Waals surface area contributed by atoms with Gasteiger partial charge >= 0.3 is 88.4 Å². The molecule has 0 aliphatic heterocycles. The van der Waals surface area contributed by atoms with Gasteiger partial charge in [0.1, 0.15) is 0 Å². The molecule has 0 amide bonds. The van der Waals surface area contributed by atoms with Crippen molar-refractivity contribution in [1.82, 2.24) is 0 Å². The van der Waals surface area contributed by atoms with Crippen molar-refractivity contribution in [2.45, 2.75) is 0 Å². The molecule has 200 valence electrons. The molecule has 0 atom stereocenters. The fourth-order valence-corrected chi connectivity index (χ4v) is 0. The second kappa shape index (κ2) is 119. The van der Waals surface area contributed by atoms with E-state index in [-0.39, 0.29) is 114 Å². The van der Waals surface area contributed by atoms with Crippen LogP contribution in [-0.4, -0.2) is 157 Å². The van der Waals surface area contributed by atoms with E-state index in [1.165, 1.54) is 0 Å². The van der Waals surface area contributed by atoms with Crippen molar-refractivity contribution < 1.29 is 189 Å². The molecule has 0 aromatic rings. The van der Waals surface area contributed by atoms with Crippen LogP contribution >= 0.6 is 0 Å². The zero-order valence-electron chi connectivity index (χ0n) is 16.5. The third-order valence-electron chi connectivity index (χ3n) is 0. The van der Waals surface area contributed by atoms with Gasteiger partial charge in [-0.2, -0.15) is 0 Å².